The lowest BCUT2D eigenvalue weighted by Gasteiger charge is -2.45. The van der Waals surface area contributed by atoms with E-state index in [0.29, 0.717) is 11.5 Å². The molecule has 0 radical (unpaired) electrons. The summed E-state index contributed by atoms with van der Waals surface area (Å²) in [7, 11) is 0. The molecule has 1 aliphatic heterocycles. The van der Waals surface area contributed by atoms with E-state index in [1.165, 1.54) is 11.3 Å². The van der Waals surface area contributed by atoms with Crippen LogP contribution >= 0.6 is 0 Å². The maximum absolute atomic E-state index is 11.6. The van der Waals surface area contributed by atoms with Crippen LogP contribution in [0.25, 0.3) is 5.82 Å². The van der Waals surface area contributed by atoms with Crippen LogP contribution in [0.3, 0.4) is 0 Å². The first-order chi connectivity index (χ1) is 13.5. The second kappa shape index (κ2) is 7.28. The molecule has 2 aromatic heterocycles. The fourth-order valence-electron chi connectivity index (χ4n) is 4.25. The second-order valence-electron chi connectivity index (χ2n) is 7.98. The van der Waals surface area contributed by atoms with Crippen molar-refractivity contribution in [3.8, 4) is 5.82 Å². The van der Waals surface area contributed by atoms with Gasteiger partial charge in [0.1, 0.15) is 6.26 Å². The van der Waals surface area contributed by atoms with Gasteiger partial charge in [0, 0.05) is 36.6 Å². The zero-order valence-electron chi connectivity index (χ0n) is 16.3. The Hall–Kier alpha value is -2.86. The molecule has 1 fully saturated rings. The maximum atomic E-state index is 11.6. The van der Waals surface area contributed by atoms with Gasteiger partial charge in [-0.3, -0.25) is 9.69 Å². The van der Waals surface area contributed by atoms with E-state index < -0.39 is 0 Å². The van der Waals surface area contributed by atoms with Gasteiger partial charge in [-0.25, -0.2) is 0 Å². The van der Waals surface area contributed by atoms with Gasteiger partial charge >= 0.3 is 0 Å². The summed E-state index contributed by atoms with van der Waals surface area (Å²) in [6.07, 6.45) is 4.63. The number of piperidine rings is 1. The van der Waals surface area contributed by atoms with Crippen LogP contribution in [0.5, 0.6) is 0 Å². The minimum absolute atomic E-state index is 0.0239. The molecule has 146 valence electrons. The smallest absolute Gasteiger partial charge is 0.248 e. The van der Waals surface area contributed by atoms with Gasteiger partial charge in [-0.2, -0.15) is 0 Å². The maximum Gasteiger partial charge on any atom is 0.248 e. The molecule has 28 heavy (non-hydrogen) atoms. The molecule has 6 nitrogen and oxygen atoms in total. The number of nitrogens with two attached hydrogens (primary N) is 1. The Bertz CT molecular complexity index is 963. The van der Waals surface area contributed by atoms with Crippen LogP contribution in [-0.4, -0.2) is 33.6 Å². The highest BCUT2D eigenvalue weighted by Crippen LogP contribution is 2.40. The Morgan fingerprint density at radius 2 is 2.18 bits per heavy atom. The number of likely N-dealkylation sites (tertiary alicyclic amines) is 1. The second-order valence-corrected chi connectivity index (χ2v) is 7.98. The number of hydrogen-bond donors (Lipinski definition) is 1. The van der Waals surface area contributed by atoms with Crippen LogP contribution in [-0.2, 0) is 12.0 Å². The Balaban J connectivity index is 1.50. The lowest BCUT2D eigenvalue weighted by Crippen LogP contribution is -2.47. The normalized spacial score (nSPS) is 23.0. The monoisotopic (exact) mass is 378 g/mol. The molecule has 3 heterocycles. The summed E-state index contributed by atoms with van der Waals surface area (Å²) >= 11 is 0. The van der Waals surface area contributed by atoms with Gasteiger partial charge in [-0.05, 0) is 54.1 Å². The molecular weight excluding hydrogens is 352 g/mol. The average Bonchev–Trinajstić information content (AvgIpc) is 3.36. The minimum atomic E-state index is -0.371. The number of carbonyl (C=O) groups is 1. The molecule has 0 saturated carbocycles. The van der Waals surface area contributed by atoms with Crippen LogP contribution in [0, 0.1) is 5.92 Å². The summed E-state index contributed by atoms with van der Waals surface area (Å²) in [6.45, 7) is 7.43. The molecule has 3 aromatic rings. The van der Waals surface area contributed by atoms with Crippen molar-refractivity contribution in [1.82, 2.24) is 14.6 Å². The number of rotatable bonds is 5. The number of nitrogens with zero attached hydrogens (tertiary/aromatic N) is 3. The number of primary amides is 1. The van der Waals surface area contributed by atoms with Crippen molar-refractivity contribution < 1.29 is 9.32 Å². The van der Waals surface area contributed by atoms with Crippen LogP contribution in [0.2, 0.25) is 0 Å². The zero-order chi connectivity index (χ0) is 19.7. The van der Waals surface area contributed by atoms with Gasteiger partial charge in [0.05, 0.1) is 0 Å². The molecule has 0 unspecified atom stereocenters. The van der Waals surface area contributed by atoms with Crippen LogP contribution in [0.1, 0.15) is 41.9 Å². The molecule has 0 spiro atoms. The van der Waals surface area contributed by atoms with E-state index in [1.807, 2.05) is 30.5 Å². The first kappa shape index (κ1) is 18.5. The Labute approximate surface area is 164 Å². The molecule has 4 rings (SSSR count). The highest BCUT2D eigenvalue weighted by atomic mass is 16.5. The summed E-state index contributed by atoms with van der Waals surface area (Å²) in [5.41, 5.74) is 8.48. The first-order valence-corrected chi connectivity index (χ1v) is 9.67. The van der Waals surface area contributed by atoms with Gasteiger partial charge in [-0.1, -0.05) is 31.1 Å². The Kier molecular flexibility index (Phi) is 4.81. The van der Waals surface area contributed by atoms with Crippen LogP contribution in [0.4, 0.5) is 0 Å². The first-order valence-electron chi connectivity index (χ1n) is 9.67. The molecule has 0 bridgehead atoms. The Morgan fingerprint density at radius 3 is 2.89 bits per heavy atom. The lowest BCUT2D eigenvalue weighted by molar-refractivity contribution is 0.0994. The van der Waals surface area contributed by atoms with Crippen LogP contribution in [0.15, 0.2) is 59.4 Å². The van der Waals surface area contributed by atoms with E-state index in [4.69, 9.17) is 10.3 Å². The SMILES string of the molecule is C[C@H]1CN(Cc2cccn2-c2ccon2)CC[C@@]1(C)c1cccc(C(N)=O)c1. The summed E-state index contributed by atoms with van der Waals surface area (Å²) in [5, 5.41) is 4.04. The van der Waals surface area contributed by atoms with E-state index in [9.17, 15) is 4.79 Å². The third kappa shape index (κ3) is 3.36. The highest BCUT2D eigenvalue weighted by molar-refractivity contribution is 5.92. The molecule has 1 aromatic carbocycles. The molecular formula is C22H26N4O2. The van der Waals surface area contributed by atoms with Gasteiger partial charge < -0.3 is 14.8 Å². The molecule has 6 heteroatoms. The molecule has 2 N–H and O–H groups in total. The molecule has 1 aliphatic rings. The Morgan fingerprint density at radius 1 is 1.32 bits per heavy atom. The van der Waals surface area contributed by atoms with Crippen molar-refractivity contribution in [1.29, 1.82) is 0 Å². The molecule has 0 aliphatic carbocycles. The molecule has 1 amide bonds. The fraction of sp³-hybridized carbons (Fsp3) is 0.364. The van der Waals surface area contributed by atoms with Crippen molar-refractivity contribution in [3.63, 3.8) is 0 Å². The van der Waals surface area contributed by atoms with Crippen molar-refractivity contribution in [2.45, 2.75) is 32.2 Å². The summed E-state index contributed by atoms with van der Waals surface area (Å²) in [5.74, 6) is 0.877. The quantitative estimate of drug-likeness (QED) is 0.738. The van der Waals surface area contributed by atoms with Crippen molar-refractivity contribution in [2.75, 3.05) is 13.1 Å². The van der Waals surface area contributed by atoms with Crippen LogP contribution < -0.4 is 5.73 Å². The van der Waals surface area contributed by atoms with E-state index in [0.717, 1.165) is 31.9 Å². The third-order valence-corrected chi connectivity index (χ3v) is 6.26. The third-order valence-electron chi connectivity index (χ3n) is 6.26. The zero-order valence-corrected chi connectivity index (χ0v) is 16.3. The van der Waals surface area contributed by atoms with E-state index in [-0.39, 0.29) is 11.3 Å². The number of benzene rings is 1. The standard InChI is InChI=1S/C22H26N4O2/c1-16-14-25(15-19-7-4-10-26(19)20-8-12-28-24-20)11-9-22(16,2)18-6-3-5-17(13-18)21(23)27/h3-8,10,12-13,16H,9,11,14-15H2,1-2H3,(H2,23,27)/t16-,22+/m0/s1. The van der Waals surface area contributed by atoms with Gasteiger partial charge in [0.25, 0.3) is 0 Å². The molecule has 1 saturated heterocycles. The number of carbonyl (C=O) groups excluding carboxylic acids is 1. The molecule has 2 atom stereocenters. The topological polar surface area (TPSA) is 77.3 Å². The fourth-order valence-corrected chi connectivity index (χ4v) is 4.25. The largest absolute Gasteiger partial charge is 0.366 e. The summed E-state index contributed by atoms with van der Waals surface area (Å²) in [4.78, 5) is 14.1. The number of hydrogen-bond acceptors (Lipinski definition) is 4. The highest BCUT2D eigenvalue weighted by Gasteiger charge is 2.38. The summed E-state index contributed by atoms with van der Waals surface area (Å²) in [6, 6.07) is 13.8. The van der Waals surface area contributed by atoms with Crippen molar-refractivity contribution in [3.05, 3.63) is 71.7 Å². The summed E-state index contributed by atoms with van der Waals surface area (Å²) < 4.78 is 7.05. The van der Waals surface area contributed by atoms with E-state index in [1.54, 1.807) is 12.3 Å². The van der Waals surface area contributed by atoms with Gasteiger partial charge in [0.2, 0.25) is 5.91 Å². The van der Waals surface area contributed by atoms with Crippen molar-refractivity contribution >= 4 is 5.91 Å². The van der Waals surface area contributed by atoms with Gasteiger partial charge in [-0.15, -0.1) is 0 Å². The van der Waals surface area contributed by atoms with Crippen molar-refractivity contribution in [2.24, 2.45) is 11.7 Å². The number of aromatic nitrogens is 2. The lowest BCUT2D eigenvalue weighted by atomic mass is 9.68. The van der Waals surface area contributed by atoms with E-state index in [2.05, 4.69) is 40.6 Å². The number of amides is 1. The van der Waals surface area contributed by atoms with Gasteiger partial charge in [0.15, 0.2) is 5.82 Å². The predicted octanol–water partition coefficient (Wildman–Crippen LogP) is 3.36. The predicted molar refractivity (Wildman–Crippen MR) is 107 cm³/mol. The minimum Gasteiger partial charge on any atom is -0.366 e. The van der Waals surface area contributed by atoms with E-state index >= 15 is 0 Å². The average molecular weight is 378 g/mol.